The van der Waals surface area contributed by atoms with Gasteiger partial charge in [-0.2, -0.15) is 0 Å². The average Bonchev–Trinajstić information content (AvgIpc) is 2.89. The molecule has 0 radical (unpaired) electrons. The van der Waals surface area contributed by atoms with Gasteiger partial charge in [0.05, 0.1) is 17.1 Å². The van der Waals surface area contributed by atoms with E-state index in [9.17, 15) is 4.79 Å². The molecular weight excluding hydrogens is 274 g/mol. The molecule has 0 aliphatic rings. The molecule has 1 unspecified atom stereocenters. The number of carbonyl (C=O) groups is 1. The molecule has 4 nitrogen and oxygen atoms in total. The third-order valence-electron chi connectivity index (χ3n) is 3.98. The summed E-state index contributed by atoms with van der Waals surface area (Å²) >= 11 is 0. The number of aryl methyl sites for hydroxylation is 1. The van der Waals surface area contributed by atoms with Gasteiger partial charge in [-0.3, -0.25) is 4.79 Å². The van der Waals surface area contributed by atoms with Crippen LogP contribution in [0.3, 0.4) is 0 Å². The highest BCUT2D eigenvalue weighted by Gasteiger charge is 2.16. The number of carbonyl (C=O) groups excluding carboxylic acids is 1. The predicted octanol–water partition coefficient (Wildman–Crippen LogP) is 3.20. The van der Waals surface area contributed by atoms with Gasteiger partial charge in [0.15, 0.2) is 0 Å². The van der Waals surface area contributed by atoms with Gasteiger partial charge in [-0.05, 0) is 37.1 Å². The molecule has 1 N–H and O–H groups in total. The number of fused-ring (bicyclic) bond motifs is 1. The van der Waals surface area contributed by atoms with Gasteiger partial charge in [0.2, 0.25) is 6.41 Å². The van der Waals surface area contributed by atoms with Crippen molar-refractivity contribution < 1.29 is 4.79 Å². The number of hydrogen-bond donors (Lipinski definition) is 1. The molecule has 3 rings (SSSR count). The molecule has 1 aromatic heterocycles. The highest BCUT2D eigenvalue weighted by molar-refractivity contribution is 5.76. The lowest BCUT2D eigenvalue weighted by molar-refractivity contribution is -0.110. The van der Waals surface area contributed by atoms with Crippen LogP contribution in [0.1, 0.15) is 29.9 Å². The minimum absolute atomic E-state index is 0.131. The standard InChI is InChI=1S/C18H19N3O/c1-13-7-3-4-8-15(13)11-21-17-10-6-5-9-16(17)20-18(21)14(2)19-12-22/h3-10,12,14H,11H2,1-2H3,(H,19,22). The molecule has 0 aliphatic heterocycles. The number of amides is 1. The van der Waals surface area contributed by atoms with Crippen molar-refractivity contribution in [3.05, 3.63) is 65.5 Å². The monoisotopic (exact) mass is 293 g/mol. The van der Waals surface area contributed by atoms with Crippen LogP contribution in [0, 0.1) is 6.92 Å². The van der Waals surface area contributed by atoms with E-state index in [1.54, 1.807) is 0 Å². The van der Waals surface area contributed by atoms with Crippen LogP contribution < -0.4 is 5.32 Å². The van der Waals surface area contributed by atoms with Crippen molar-refractivity contribution in [3.8, 4) is 0 Å². The molecule has 1 heterocycles. The van der Waals surface area contributed by atoms with Gasteiger partial charge in [0.25, 0.3) is 0 Å². The Bertz CT molecular complexity index is 807. The fraction of sp³-hybridized carbons (Fsp3) is 0.222. The Morgan fingerprint density at radius 2 is 1.91 bits per heavy atom. The van der Waals surface area contributed by atoms with Gasteiger partial charge in [-0.15, -0.1) is 0 Å². The maximum atomic E-state index is 10.8. The van der Waals surface area contributed by atoms with E-state index in [0.29, 0.717) is 0 Å². The van der Waals surface area contributed by atoms with Crippen molar-refractivity contribution >= 4 is 17.4 Å². The molecule has 3 aromatic rings. The van der Waals surface area contributed by atoms with Gasteiger partial charge in [0.1, 0.15) is 5.82 Å². The van der Waals surface area contributed by atoms with Crippen LogP contribution >= 0.6 is 0 Å². The van der Waals surface area contributed by atoms with Crippen LogP contribution in [0.25, 0.3) is 11.0 Å². The van der Waals surface area contributed by atoms with Crippen LogP contribution in [-0.4, -0.2) is 16.0 Å². The number of hydrogen-bond acceptors (Lipinski definition) is 2. The quantitative estimate of drug-likeness (QED) is 0.734. The zero-order chi connectivity index (χ0) is 15.5. The Balaban J connectivity index is 2.11. The van der Waals surface area contributed by atoms with Crippen LogP contribution in [0.4, 0.5) is 0 Å². The van der Waals surface area contributed by atoms with E-state index in [-0.39, 0.29) is 6.04 Å². The summed E-state index contributed by atoms with van der Waals surface area (Å²) in [6, 6.07) is 16.3. The van der Waals surface area contributed by atoms with E-state index in [0.717, 1.165) is 29.8 Å². The van der Waals surface area contributed by atoms with Crippen molar-refractivity contribution in [1.82, 2.24) is 14.9 Å². The summed E-state index contributed by atoms with van der Waals surface area (Å²) in [4.78, 5) is 15.5. The molecule has 0 aliphatic carbocycles. The van der Waals surface area contributed by atoms with Gasteiger partial charge in [-0.25, -0.2) is 4.98 Å². The van der Waals surface area contributed by atoms with E-state index in [2.05, 4.69) is 35.0 Å². The van der Waals surface area contributed by atoms with Gasteiger partial charge >= 0.3 is 0 Å². The number of rotatable bonds is 5. The Kier molecular flexibility index (Phi) is 3.92. The van der Waals surface area contributed by atoms with Crippen LogP contribution in [0.15, 0.2) is 48.5 Å². The summed E-state index contributed by atoms with van der Waals surface area (Å²) in [5.74, 6) is 0.872. The Hall–Kier alpha value is -2.62. The lowest BCUT2D eigenvalue weighted by Crippen LogP contribution is -2.21. The first-order valence-electron chi connectivity index (χ1n) is 7.40. The van der Waals surface area contributed by atoms with Crippen LogP contribution in [-0.2, 0) is 11.3 Å². The third-order valence-corrected chi connectivity index (χ3v) is 3.98. The van der Waals surface area contributed by atoms with E-state index >= 15 is 0 Å². The number of nitrogens with zero attached hydrogens (tertiary/aromatic N) is 2. The summed E-state index contributed by atoms with van der Waals surface area (Å²) in [5.41, 5.74) is 4.54. The SMILES string of the molecule is Cc1ccccc1Cn1c(C(C)NC=O)nc2ccccc21. The number of benzene rings is 2. The van der Waals surface area contributed by atoms with E-state index in [1.807, 2.05) is 37.3 Å². The molecule has 0 fully saturated rings. The van der Waals surface area contributed by atoms with Crippen molar-refractivity contribution in [1.29, 1.82) is 0 Å². The highest BCUT2D eigenvalue weighted by atomic mass is 16.1. The van der Waals surface area contributed by atoms with E-state index in [1.165, 1.54) is 11.1 Å². The first kappa shape index (κ1) is 14.3. The molecule has 0 saturated carbocycles. The van der Waals surface area contributed by atoms with Gasteiger partial charge in [-0.1, -0.05) is 36.4 Å². The minimum atomic E-state index is -0.131. The van der Waals surface area contributed by atoms with Gasteiger partial charge < -0.3 is 9.88 Å². The fourth-order valence-electron chi connectivity index (χ4n) is 2.73. The van der Waals surface area contributed by atoms with Crippen LogP contribution in [0.2, 0.25) is 0 Å². The first-order chi connectivity index (χ1) is 10.7. The van der Waals surface area contributed by atoms with E-state index < -0.39 is 0 Å². The van der Waals surface area contributed by atoms with Crippen molar-refractivity contribution in [2.45, 2.75) is 26.4 Å². The van der Waals surface area contributed by atoms with E-state index in [4.69, 9.17) is 4.98 Å². The maximum Gasteiger partial charge on any atom is 0.207 e. The predicted molar refractivity (Wildman–Crippen MR) is 87.6 cm³/mol. The Morgan fingerprint density at radius 3 is 2.68 bits per heavy atom. The molecule has 112 valence electrons. The first-order valence-corrected chi connectivity index (χ1v) is 7.40. The highest BCUT2D eigenvalue weighted by Crippen LogP contribution is 2.22. The van der Waals surface area contributed by atoms with Crippen molar-refractivity contribution in [2.75, 3.05) is 0 Å². The molecule has 4 heteroatoms. The summed E-state index contributed by atoms with van der Waals surface area (Å²) in [6.07, 6.45) is 0.724. The second-order valence-electron chi connectivity index (χ2n) is 5.48. The van der Waals surface area contributed by atoms with Crippen LogP contribution in [0.5, 0.6) is 0 Å². The Labute approximate surface area is 129 Å². The number of para-hydroxylation sites is 2. The lowest BCUT2D eigenvalue weighted by Gasteiger charge is -2.15. The third kappa shape index (κ3) is 2.60. The summed E-state index contributed by atoms with van der Waals surface area (Å²) in [5, 5.41) is 2.80. The lowest BCUT2D eigenvalue weighted by atomic mass is 10.1. The Morgan fingerprint density at radius 1 is 1.18 bits per heavy atom. The minimum Gasteiger partial charge on any atom is -0.349 e. The topological polar surface area (TPSA) is 46.9 Å². The zero-order valence-corrected chi connectivity index (χ0v) is 12.8. The smallest absolute Gasteiger partial charge is 0.207 e. The second-order valence-corrected chi connectivity index (χ2v) is 5.48. The molecular formula is C18H19N3O. The molecule has 0 spiro atoms. The normalized spacial score (nSPS) is 12.3. The molecule has 1 amide bonds. The number of nitrogens with one attached hydrogen (secondary N) is 1. The second kappa shape index (κ2) is 6.02. The average molecular weight is 293 g/mol. The number of aromatic nitrogens is 2. The van der Waals surface area contributed by atoms with Gasteiger partial charge in [0, 0.05) is 6.54 Å². The maximum absolute atomic E-state index is 10.8. The van der Waals surface area contributed by atoms with Crippen molar-refractivity contribution in [2.24, 2.45) is 0 Å². The summed E-state index contributed by atoms with van der Waals surface area (Å²) in [6.45, 7) is 4.80. The zero-order valence-electron chi connectivity index (χ0n) is 12.8. The summed E-state index contributed by atoms with van der Waals surface area (Å²) < 4.78 is 2.18. The molecule has 0 bridgehead atoms. The molecule has 1 atom stereocenters. The number of imidazole rings is 1. The largest absolute Gasteiger partial charge is 0.349 e. The molecule has 2 aromatic carbocycles. The molecule has 22 heavy (non-hydrogen) atoms. The summed E-state index contributed by atoms with van der Waals surface area (Å²) in [7, 11) is 0. The molecule has 0 saturated heterocycles. The van der Waals surface area contributed by atoms with Crippen molar-refractivity contribution in [3.63, 3.8) is 0 Å². The fourth-order valence-corrected chi connectivity index (χ4v) is 2.73.